The second-order valence-corrected chi connectivity index (χ2v) is 4.81. The van der Waals surface area contributed by atoms with Crippen molar-refractivity contribution in [2.24, 2.45) is 12.8 Å². The Balaban J connectivity index is 2.39. The Morgan fingerprint density at radius 1 is 1.39 bits per heavy atom. The zero-order chi connectivity index (χ0) is 13.3. The van der Waals surface area contributed by atoms with Crippen molar-refractivity contribution in [2.75, 3.05) is 5.32 Å². The standard InChI is InChI=1S/C12H13ClN4S/c1-7-10(11(14)18)12(17(2)16-7)15-9-5-3-8(13)4-6-9/h3-6,15H,1-2H3,(H2,14,18). The van der Waals surface area contributed by atoms with Crippen molar-refractivity contribution in [3.8, 4) is 0 Å². The topological polar surface area (TPSA) is 55.9 Å². The van der Waals surface area contributed by atoms with Crippen LogP contribution < -0.4 is 11.1 Å². The van der Waals surface area contributed by atoms with Gasteiger partial charge in [0.25, 0.3) is 0 Å². The number of hydrogen-bond acceptors (Lipinski definition) is 3. The molecule has 0 radical (unpaired) electrons. The van der Waals surface area contributed by atoms with Crippen molar-refractivity contribution in [2.45, 2.75) is 6.92 Å². The second-order valence-electron chi connectivity index (χ2n) is 3.93. The van der Waals surface area contributed by atoms with E-state index in [9.17, 15) is 0 Å². The molecule has 0 bridgehead atoms. The summed E-state index contributed by atoms with van der Waals surface area (Å²) in [5.41, 5.74) is 8.20. The van der Waals surface area contributed by atoms with Crippen LogP contribution in [0.1, 0.15) is 11.3 Å². The van der Waals surface area contributed by atoms with Gasteiger partial charge in [-0.3, -0.25) is 4.68 Å². The first-order valence-corrected chi connectivity index (χ1v) is 6.13. The summed E-state index contributed by atoms with van der Waals surface area (Å²) in [6, 6.07) is 7.39. The quantitative estimate of drug-likeness (QED) is 0.849. The Kier molecular flexibility index (Phi) is 3.54. The first kappa shape index (κ1) is 12.9. The molecule has 2 rings (SSSR count). The summed E-state index contributed by atoms with van der Waals surface area (Å²) in [6.45, 7) is 1.88. The molecule has 0 aliphatic carbocycles. The average Bonchev–Trinajstić information content (AvgIpc) is 2.57. The Morgan fingerprint density at radius 2 is 2.00 bits per heavy atom. The van der Waals surface area contributed by atoms with Crippen molar-refractivity contribution in [1.29, 1.82) is 0 Å². The lowest BCUT2D eigenvalue weighted by molar-refractivity contribution is 0.765. The molecule has 0 unspecified atom stereocenters. The Hall–Kier alpha value is -1.59. The molecule has 0 saturated carbocycles. The zero-order valence-corrected chi connectivity index (χ0v) is 11.6. The minimum absolute atomic E-state index is 0.331. The maximum atomic E-state index is 5.85. The number of aryl methyl sites for hydroxylation is 2. The van der Waals surface area contributed by atoms with Crippen LogP contribution >= 0.6 is 23.8 Å². The van der Waals surface area contributed by atoms with Crippen LogP contribution in [-0.2, 0) is 7.05 Å². The van der Waals surface area contributed by atoms with Crippen LogP contribution in [0.15, 0.2) is 24.3 Å². The Bertz CT molecular complexity index is 589. The van der Waals surface area contributed by atoms with Gasteiger partial charge in [0.2, 0.25) is 0 Å². The van der Waals surface area contributed by atoms with Gasteiger partial charge in [-0.05, 0) is 31.2 Å². The van der Waals surface area contributed by atoms with E-state index in [0.717, 1.165) is 22.8 Å². The molecule has 0 saturated heterocycles. The minimum Gasteiger partial charge on any atom is -0.389 e. The molecule has 1 heterocycles. The SMILES string of the molecule is Cc1nn(C)c(Nc2ccc(Cl)cc2)c1C(N)=S. The lowest BCUT2D eigenvalue weighted by Crippen LogP contribution is -2.12. The van der Waals surface area contributed by atoms with Gasteiger partial charge in [-0.25, -0.2) is 0 Å². The number of nitrogens with zero attached hydrogens (tertiary/aromatic N) is 2. The normalized spacial score (nSPS) is 10.4. The van der Waals surface area contributed by atoms with E-state index in [0.29, 0.717) is 10.0 Å². The van der Waals surface area contributed by atoms with Gasteiger partial charge in [-0.1, -0.05) is 23.8 Å². The molecular formula is C12H13ClN4S. The molecule has 0 aliphatic rings. The van der Waals surface area contributed by atoms with Gasteiger partial charge in [0.15, 0.2) is 0 Å². The fourth-order valence-electron chi connectivity index (χ4n) is 1.77. The number of aromatic nitrogens is 2. The van der Waals surface area contributed by atoms with Crippen molar-refractivity contribution < 1.29 is 0 Å². The van der Waals surface area contributed by atoms with Gasteiger partial charge in [-0.2, -0.15) is 5.10 Å². The third-order valence-corrected chi connectivity index (χ3v) is 3.03. The minimum atomic E-state index is 0.331. The van der Waals surface area contributed by atoms with Crippen LogP contribution in [0.2, 0.25) is 5.02 Å². The highest BCUT2D eigenvalue weighted by molar-refractivity contribution is 7.80. The fourth-order valence-corrected chi connectivity index (χ4v) is 2.14. The van der Waals surface area contributed by atoms with E-state index in [2.05, 4.69) is 10.4 Å². The predicted molar refractivity (Wildman–Crippen MR) is 78.6 cm³/mol. The van der Waals surface area contributed by atoms with Crippen LogP contribution in [0.3, 0.4) is 0 Å². The first-order chi connectivity index (χ1) is 8.49. The number of thiocarbonyl (C=S) groups is 1. The molecule has 6 heteroatoms. The maximum Gasteiger partial charge on any atom is 0.138 e. The first-order valence-electron chi connectivity index (χ1n) is 5.35. The molecule has 0 spiro atoms. The smallest absolute Gasteiger partial charge is 0.138 e. The molecular weight excluding hydrogens is 268 g/mol. The molecule has 18 heavy (non-hydrogen) atoms. The number of halogens is 1. The van der Waals surface area contributed by atoms with Crippen molar-refractivity contribution >= 4 is 40.3 Å². The van der Waals surface area contributed by atoms with E-state index in [1.54, 1.807) is 4.68 Å². The van der Waals surface area contributed by atoms with E-state index in [1.807, 2.05) is 38.2 Å². The summed E-state index contributed by atoms with van der Waals surface area (Å²) in [7, 11) is 1.84. The highest BCUT2D eigenvalue weighted by atomic mass is 35.5. The summed E-state index contributed by atoms with van der Waals surface area (Å²) in [6.07, 6.45) is 0. The van der Waals surface area contributed by atoms with Crippen LogP contribution in [0, 0.1) is 6.92 Å². The molecule has 1 aromatic carbocycles. The second kappa shape index (κ2) is 4.96. The molecule has 0 atom stereocenters. The third-order valence-electron chi connectivity index (χ3n) is 2.58. The van der Waals surface area contributed by atoms with Crippen LogP contribution in [-0.4, -0.2) is 14.8 Å². The Morgan fingerprint density at radius 3 is 2.56 bits per heavy atom. The van der Waals surface area contributed by atoms with Gasteiger partial charge in [-0.15, -0.1) is 0 Å². The van der Waals surface area contributed by atoms with E-state index >= 15 is 0 Å². The van der Waals surface area contributed by atoms with Crippen molar-refractivity contribution in [3.05, 3.63) is 40.5 Å². The monoisotopic (exact) mass is 280 g/mol. The Labute approximate surface area is 116 Å². The molecule has 2 aromatic rings. The van der Waals surface area contributed by atoms with E-state index < -0.39 is 0 Å². The summed E-state index contributed by atoms with van der Waals surface area (Å²) in [5, 5.41) is 8.24. The number of anilines is 2. The largest absolute Gasteiger partial charge is 0.389 e. The summed E-state index contributed by atoms with van der Waals surface area (Å²) < 4.78 is 1.72. The molecule has 94 valence electrons. The molecule has 0 fully saturated rings. The van der Waals surface area contributed by atoms with Crippen molar-refractivity contribution in [1.82, 2.24) is 9.78 Å². The number of nitrogens with two attached hydrogens (primary N) is 1. The summed E-state index contributed by atoms with van der Waals surface area (Å²) in [4.78, 5) is 0.331. The van der Waals surface area contributed by atoms with Gasteiger partial charge in [0, 0.05) is 17.8 Å². The van der Waals surface area contributed by atoms with Crippen LogP contribution in [0.4, 0.5) is 11.5 Å². The highest BCUT2D eigenvalue weighted by Gasteiger charge is 2.15. The van der Waals surface area contributed by atoms with Gasteiger partial charge in [0.05, 0.1) is 11.3 Å². The van der Waals surface area contributed by atoms with E-state index in [-0.39, 0.29) is 0 Å². The molecule has 1 aromatic heterocycles. The van der Waals surface area contributed by atoms with Gasteiger partial charge >= 0.3 is 0 Å². The number of nitrogens with one attached hydrogen (secondary N) is 1. The molecule has 4 nitrogen and oxygen atoms in total. The van der Waals surface area contributed by atoms with Crippen molar-refractivity contribution in [3.63, 3.8) is 0 Å². The van der Waals surface area contributed by atoms with E-state index in [1.165, 1.54) is 0 Å². The summed E-state index contributed by atoms with van der Waals surface area (Å²) >= 11 is 10.9. The third kappa shape index (κ3) is 2.47. The number of benzene rings is 1. The number of rotatable bonds is 3. The molecule has 0 aliphatic heterocycles. The fraction of sp³-hybridized carbons (Fsp3) is 0.167. The van der Waals surface area contributed by atoms with Crippen LogP contribution in [0.5, 0.6) is 0 Å². The maximum absolute atomic E-state index is 5.85. The van der Waals surface area contributed by atoms with Crippen LogP contribution in [0.25, 0.3) is 0 Å². The molecule has 0 amide bonds. The molecule has 3 N–H and O–H groups in total. The highest BCUT2D eigenvalue weighted by Crippen LogP contribution is 2.24. The zero-order valence-electron chi connectivity index (χ0n) is 10.1. The average molecular weight is 281 g/mol. The number of hydrogen-bond donors (Lipinski definition) is 2. The summed E-state index contributed by atoms with van der Waals surface area (Å²) in [5.74, 6) is 0.780. The lowest BCUT2D eigenvalue weighted by atomic mass is 10.2. The van der Waals surface area contributed by atoms with Gasteiger partial charge in [0.1, 0.15) is 10.8 Å². The lowest BCUT2D eigenvalue weighted by Gasteiger charge is -2.09. The van der Waals surface area contributed by atoms with E-state index in [4.69, 9.17) is 29.6 Å². The predicted octanol–water partition coefficient (Wildman–Crippen LogP) is 2.76. The van der Waals surface area contributed by atoms with Gasteiger partial charge < -0.3 is 11.1 Å².